The Balaban J connectivity index is 1.76. The van der Waals surface area contributed by atoms with Gasteiger partial charge in [-0.05, 0) is 55.3 Å². The second kappa shape index (κ2) is 13.9. The highest BCUT2D eigenvalue weighted by Gasteiger charge is 2.14. The molecule has 200 valence electrons. The number of carbonyl (C=O) groups excluding carboxylic acids is 2. The molecule has 8 nitrogen and oxygen atoms in total. The minimum atomic E-state index is -3.02. The molecular formula is C27H27ClFN3O5S. The number of benzene rings is 2. The van der Waals surface area contributed by atoms with E-state index in [0.29, 0.717) is 29.7 Å². The normalized spacial score (nSPS) is 11.3. The number of anilines is 1. The SMILES string of the molecule is O=C(N=[SH](O)(CCCO)CCCO)c1cncc(C#Cc2cccc(NC(=O)c3ccc(F)c(Cl)c3)c2)c1. The molecule has 0 unspecified atom stereocenters. The summed E-state index contributed by atoms with van der Waals surface area (Å²) in [5.74, 6) is 4.52. The van der Waals surface area contributed by atoms with E-state index in [4.69, 9.17) is 21.8 Å². The molecule has 0 aliphatic heterocycles. The van der Waals surface area contributed by atoms with Gasteiger partial charge in [-0.25, -0.2) is 4.39 Å². The van der Waals surface area contributed by atoms with Crippen molar-refractivity contribution < 1.29 is 28.7 Å². The molecule has 2 amide bonds. The molecule has 1 heterocycles. The molecule has 0 aliphatic rings. The van der Waals surface area contributed by atoms with Crippen molar-refractivity contribution in [2.75, 3.05) is 30.0 Å². The summed E-state index contributed by atoms with van der Waals surface area (Å²) in [4.78, 5) is 29.3. The summed E-state index contributed by atoms with van der Waals surface area (Å²) < 4.78 is 28.2. The van der Waals surface area contributed by atoms with Crippen LogP contribution in [0.5, 0.6) is 0 Å². The molecule has 11 heteroatoms. The smallest absolute Gasteiger partial charge is 0.284 e. The van der Waals surface area contributed by atoms with Gasteiger partial charge >= 0.3 is 0 Å². The number of halogens is 2. The third kappa shape index (κ3) is 8.55. The van der Waals surface area contributed by atoms with Gasteiger partial charge in [-0.3, -0.25) is 14.6 Å². The standard InChI is InChI=1S/C27H27ClFN3O5S/c28-24-16-21(8-9-25(24)29)26(35)31-23-5-1-4-19(15-23)6-7-20-14-22(18-30-17-20)27(36)32-38(37,12-2-10-33)13-3-11-34/h1,4-5,8-9,14-18,33-34,38H,2-3,10-13H2,(H,31,35)(H,32,36,37). The number of rotatable bonds is 9. The zero-order valence-electron chi connectivity index (χ0n) is 20.3. The molecule has 0 aliphatic carbocycles. The Kier molecular flexibility index (Phi) is 10.6. The molecule has 3 rings (SSSR count). The molecule has 0 bridgehead atoms. The molecule has 0 fully saturated rings. The summed E-state index contributed by atoms with van der Waals surface area (Å²) in [5, 5.41) is 20.7. The Hall–Kier alpha value is -3.46. The number of pyridine rings is 1. The lowest BCUT2D eigenvalue weighted by molar-refractivity contribution is 0.100. The van der Waals surface area contributed by atoms with Crippen molar-refractivity contribution in [1.82, 2.24) is 4.98 Å². The Bertz CT molecular complexity index is 1430. The molecule has 3 aromatic rings. The van der Waals surface area contributed by atoms with Gasteiger partial charge in [0, 0.05) is 59.5 Å². The molecule has 2 aromatic carbocycles. The lowest BCUT2D eigenvalue weighted by Crippen LogP contribution is -2.23. The second-order valence-electron chi connectivity index (χ2n) is 8.26. The summed E-state index contributed by atoms with van der Waals surface area (Å²) in [5.41, 5.74) is 1.84. The highest BCUT2D eigenvalue weighted by Crippen LogP contribution is 2.18. The molecule has 1 aromatic heterocycles. The van der Waals surface area contributed by atoms with Crippen molar-refractivity contribution in [3.05, 3.63) is 94.0 Å². The highest BCUT2D eigenvalue weighted by atomic mass is 35.5. The summed E-state index contributed by atoms with van der Waals surface area (Å²) >= 11 is 5.75. The van der Waals surface area contributed by atoms with Gasteiger partial charge in [-0.1, -0.05) is 29.5 Å². The molecule has 0 saturated carbocycles. The van der Waals surface area contributed by atoms with Crippen LogP contribution >= 0.6 is 11.6 Å². The summed E-state index contributed by atoms with van der Waals surface area (Å²) in [6.07, 6.45) is 3.41. The predicted octanol–water partition coefficient (Wildman–Crippen LogP) is 3.97. The van der Waals surface area contributed by atoms with Crippen LogP contribution in [0.15, 0.2) is 65.3 Å². The molecule has 0 radical (unpaired) electrons. The van der Waals surface area contributed by atoms with Crippen molar-refractivity contribution in [3.8, 4) is 11.8 Å². The van der Waals surface area contributed by atoms with Crippen molar-refractivity contribution in [2.45, 2.75) is 12.8 Å². The monoisotopic (exact) mass is 559 g/mol. The molecular weight excluding hydrogens is 533 g/mol. The summed E-state index contributed by atoms with van der Waals surface area (Å²) in [6, 6.07) is 12.0. The van der Waals surface area contributed by atoms with Crippen LogP contribution in [0.3, 0.4) is 0 Å². The first-order chi connectivity index (χ1) is 18.2. The number of thiol groups is 1. The van der Waals surface area contributed by atoms with Crippen LogP contribution in [0.25, 0.3) is 0 Å². The number of aliphatic hydroxyl groups excluding tert-OH is 2. The van der Waals surface area contributed by atoms with Gasteiger partial charge in [0.05, 0.1) is 10.6 Å². The van der Waals surface area contributed by atoms with Crippen molar-refractivity contribution in [3.63, 3.8) is 0 Å². The van der Waals surface area contributed by atoms with E-state index in [2.05, 4.69) is 26.5 Å². The van der Waals surface area contributed by atoms with E-state index in [9.17, 15) is 18.5 Å². The van der Waals surface area contributed by atoms with Gasteiger partial charge in [0.15, 0.2) is 0 Å². The van der Waals surface area contributed by atoms with E-state index in [0.717, 1.165) is 6.07 Å². The summed E-state index contributed by atoms with van der Waals surface area (Å²) in [7, 11) is -3.02. The van der Waals surface area contributed by atoms with Crippen LogP contribution < -0.4 is 5.32 Å². The molecule has 4 N–H and O–H groups in total. The maximum atomic E-state index is 13.4. The van der Waals surface area contributed by atoms with Crippen LogP contribution in [0.4, 0.5) is 10.1 Å². The fraction of sp³-hybridized carbons (Fsp3) is 0.222. The van der Waals surface area contributed by atoms with Gasteiger partial charge < -0.3 is 20.1 Å². The number of nitrogens with zero attached hydrogens (tertiary/aromatic N) is 2. The van der Waals surface area contributed by atoms with Crippen LogP contribution in [0.2, 0.25) is 5.02 Å². The first-order valence-corrected chi connectivity index (χ1v) is 14.1. The van der Waals surface area contributed by atoms with Gasteiger partial charge in [-0.2, -0.15) is 4.36 Å². The van der Waals surface area contributed by atoms with E-state index in [1.165, 1.54) is 30.6 Å². The van der Waals surface area contributed by atoms with Gasteiger partial charge in [0.1, 0.15) is 5.82 Å². The van der Waals surface area contributed by atoms with Gasteiger partial charge in [-0.15, -0.1) is 10.1 Å². The quantitative estimate of drug-likeness (QED) is 0.199. The Morgan fingerprint density at radius 3 is 2.37 bits per heavy atom. The van der Waals surface area contributed by atoms with Crippen LogP contribution in [-0.2, 0) is 10.1 Å². The molecule has 0 saturated heterocycles. The summed E-state index contributed by atoms with van der Waals surface area (Å²) in [6.45, 7) is -0.271. The van der Waals surface area contributed by atoms with Crippen LogP contribution in [-0.4, -0.2) is 56.3 Å². The van der Waals surface area contributed by atoms with Crippen molar-refractivity contribution in [1.29, 1.82) is 0 Å². The number of hydrogen-bond donors (Lipinski definition) is 5. The van der Waals surface area contributed by atoms with Crippen LogP contribution in [0, 0.1) is 17.7 Å². The van der Waals surface area contributed by atoms with E-state index >= 15 is 0 Å². The second-order valence-corrected chi connectivity index (χ2v) is 11.5. The van der Waals surface area contributed by atoms with E-state index < -0.39 is 27.7 Å². The number of aromatic nitrogens is 1. The lowest BCUT2D eigenvalue weighted by Gasteiger charge is -2.22. The van der Waals surface area contributed by atoms with Gasteiger partial charge in [0.25, 0.3) is 11.8 Å². The average Bonchev–Trinajstić information content (AvgIpc) is 2.91. The third-order valence-electron chi connectivity index (χ3n) is 5.26. The fourth-order valence-electron chi connectivity index (χ4n) is 3.37. The van der Waals surface area contributed by atoms with Crippen LogP contribution in [0.1, 0.15) is 44.7 Å². The molecule has 0 spiro atoms. The average molecular weight is 560 g/mol. The topological polar surface area (TPSA) is 132 Å². The Labute approximate surface area is 225 Å². The number of hydrogen-bond acceptors (Lipinski definition) is 5. The van der Waals surface area contributed by atoms with E-state index in [1.807, 2.05) is 0 Å². The number of aliphatic hydroxyl groups is 2. The zero-order chi connectivity index (χ0) is 27.5. The maximum absolute atomic E-state index is 13.4. The molecule has 0 atom stereocenters. The third-order valence-corrected chi connectivity index (χ3v) is 8.17. The number of amides is 2. The Morgan fingerprint density at radius 1 is 0.974 bits per heavy atom. The Morgan fingerprint density at radius 2 is 1.68 bits per heavy atom. The molecule has 38 heavy (non-hydrogen) atoms. The number of nitrogens with one attached hydrogen (secondary N) is 1. The minimum Gasteiger partial charge on any atom is -0.396 e. The predicted molar refractivity (Wildman–Crippen MR) is 147 cm³/mol. The largest absolute Gasteiger partial charge is 0.396 e. The lowest BCUT2D eigenvalue weighted by atomic mass is 10.1. The number of carbonyl (C=O) groups is 2. The van der Waals surface area contributed by atoms with E-state index in [-0.39, 0.29) is 40.9 Å². The fourth-order valence-corrected chi connectivity index (χ4v) is 5.72. The van der Waals surface area contributed by atoms with E-state index in [1.54, 1.807) is 24.3 Å². The first-order valence-electron chi connectivity index (χ1n) is 11.7. The van der Waals surface area contributed by atoms with Gasteiger partial charge in [0.2, 0.25) is 0 Å². The highest BCUT2D eigenvalue weighted by molar-refractivity contribution is 8.00. The van der Waals surface area contributed by atoms with Crippen molar-refractivity contribution >= 4 is 39.2 Å². The zero-order valence-corrected chi connectivity index (χ0v) is 21.9. The first kappa shape index (κ1) is 29.1. The minimum absolute atomic E-state index is 0.136. The van der Waals surface area contributed by atoms with Crippen molar-refractivity contribution in [2.24, 2.45) is 4.36 Å². The maximum Gasteiger partial charge on any atom is 0.284 e.